The Labute approximate surface area is 266 Å². The van der Waals surface area contributed by atoms with Gasteiger partial charge in [-0.2, -0.15) is 0 Å². The molecule has 0 spiro atoms. The molecule has 3 rings (SSSR count). The molecule has 0 aliphatic carbocycles. The van der Waals surface area contributed by atoms with Gasteiger partial charge in [0.25, 0.3) is 15.7 Å². The molecule has 0 aliphatic heterocycles. The van der Waals surface area contributed by atoms with Gasteiger partial charge >= 0.3 is 0 Å². The number of nitrogens with one attached hydrogen (secondary N) is 1. The van der Waals surface area contributed by atoms with Gasteiger partial charge in [0.1, 0.15) is 18.3 Å². The van der Waals surface area contributed by atoms with Gasteiger partial charge in [0.2, 0.25) is 11.8 Å². The summed E-state index contributed by atoms with van der Waals surface area (Å²) in [5.41, 5.74) is 0.471. The smallest absolute Gasteiger partial charge is 0.273 e. The lowest BCUT2D eigenvalue weighted by atomic mass is 10.1. The lowest BCUT2D eigenvalue weighted by molar-refractivity contribution is -0.385. The number of aryl methyl sites for hydroxylation is 1. The first-order chi connectivity index (χ1) is 20.7. The van der Waals surface area contributed by atoms with Crippen molar-refractivity contribution in [2.45, 2.75) is 57.6 Å². The topological polar surface area (TPSA) is 139 Å². The molecule has 0 saturated heterocycles. The minimum atomic E-state index is -4.53. The summed E-state index contributed by atoms with van der Waals surface area (Å²) in [6, 6.07) is 13.0. The quantitative estimate of drug-likeness (QED) is 0.181. The number of nitrogens with zero attached hydrogens (tertiary/aromatic N) is 3. The number of ether oxygens (including phenoxy) is 1. The molecule has 14 heteroatoms. The van der Waals surface area contributed by atoms with Crippen LogP contribution < -0.4 is 14.4 Å². The highest BCUT2D eigenvalue weighted by Crippen LogP contribution is 2.30. The second-order valence-corrected chi connectivity index (χ2v) is 12.9. The molecule has 3 aromatic rings. The molecule has 0 fully saturated rings. The summed E-state index contributed by atoms with van der Waals surface area (Å²) in [6.07, 6.45) is 0.654. The average Bonchev–Trinajstić information content (AvgIpc) is 2.98. The van der Waals surface area contributed by atoms with Crippen LogP contribution in [0.5, 0.6) is 5.75 Å². The number of hydrogen-bond donors (Lipinski definition) is 1. The fraction of sp³-hybridized carbons (Fsp3) is 0.333. The molecule has 0 saturated carbocycles. The molecular weight excluding hydrogens is 631 g/mol. The fourth-order valence-electron chi connectivity index (χ4n) is 4.23. The first-order valence-corrected chi connectivity index (χ1v) is 15.8. The zero-order valence-electron chi connectivity index (χ0n) is 24.9. The van der Waals surface area contributed by atoms with E-state index in [4.69, 9.17) is 27.9 Å². The second kappa shape index (κ2) is 14.7. The van der Waals surface area contributed by atoms with E-state index >= 15 is 0 Å². The second-order valence-electron chi connectivity index (χ2n) is 10.2. The maximum Gasteiger partial charge on any atom is 0.273 e. The number of benzene rings is 3. The predicted octanol–water partition coefficient (Wildman–Crippen LogP) is 5.75. The van der Waals surface area contributed by atoms with Crippen molar-refractivity contribution in [3.8, 4) is 5.75 Å². The normalized spacial score (nSPS) is 12.6. The molecule has 0 aromatic heterocycles. The van der Waals surface area contributed by atoms with Crippen LogP contribution in [0.2, 0.25) is 10.0 Å². The number of methoxy groups -OCH3 is 1. The first kappa shape index (κ1) is 34.6. The summed E-state index contributed by atoms with van der Waals surface area (Å²) in [6.45, 7) is 5.89. The van der Waals surface area contributed by atoms with Gasteiger partial charge in [-0.05, 0) is 75.2 Å². The Bertz CT molecular complexity index is 1630. The van der Waals surface area contributed by atoms with E-state index in [9.17, 15) is 28.1 Å². The van der Waals surface area contributed by atoms with E-state index in [1.54, 1.807) is 12.1 Å². The van der Waals surface area contributed by atoms with Crippen molar-refractivity contribution in [2.75, 3.05) is 18.0 Å². The number of amides is 2. The Morgan fingerprint density at radius 2 is 1.70 bits per heavy atom. The van der Waals surface area contributed by atoms with Crippen LogP contribution in [-0.2, 0) is 26.2 Å². The lowest BCUT2D eigenvalue weighted by Crippen LogP contribution is -2.52. The van der Waals surface area contributed by atoms with Gasteiger partial charge in [-0.15, -0.1) is 0 Å². The minimum absolute atomic E-state index is 0.101. The Morgan fingerprint density at radius 1 is 1.05 bits per heavy atom. The lowest BCUT2D eigenvalue weighted by Gasteiger charge is -2.32. The molecule has 3 aromatic carbocycles. The fourth-order valence-corrected chi connectivity index (χ4v) is 6.14. The van der Waals surface area contributed by atoms with Gasteiger partial charge in [-0.25, -0.2) is 8.42 Å². The third-order valence-corrected chi connectivity index (χ3v) is 9.49. The summed E-state index contributed by atoms with van der Waals surface area (Å²) in [5, 5.41) is 15.1. The van der Waals surface area contributed by atoms with Crippen molar-refractivity contribution in [3.63, 3.8) is 0 Å². The third kappa shape index (κ3) is 8.19. The van der Waals surface area contributed by atoms with Crippen LogP contribution in [0.4, 0.5) is 11.4 Å². The van der Waals surface area contributed by atoms with Crippen LogP contribution in [0.1, 0.15) is 38.3 Å². The van der Waals surface area contributed by atoms with Crippen molar-refractivity contribution in [3.05, 3.63) is 92.0 Å². The highest BCUT2D eigenvalue weighted by atomic mass is 35.5. The molecule has 2 atom stereocenters. The van der Waals surface area contributed by atoms with Crippen molar-refractivity contribution in [1.29, 1.82) is 0 Å². The van der Waals surface area contributed by atoms with Gasteiger partial charge < -0.3 is 15.0 Å². The summed E-state index contributed by atoms with van der Waals surface area (Å²) >= 11 is 12.5. The number of nitro groups is 1. The van der Waals surface area contributed by atoms with Crippen molar-refractivity contribution < 1.29 is 27.7 Å². The van der Waals surface area contributed by atoms with E-state index in [0.29, 0.717) is 22.8 Å². The van der Waals surface area contributed by atoms with Crippen LogP contribution >= 0.6 is 23.2 Å². The molecule has 2 amide bonds. The number of anilines is 1. The minimum Gasteiger partial charge on any atom is -0.497 e. The molecule has 2 unspecified atom stereocenters. The molecule has 44 heavy (non-hydrogen) atoms. The number of hydrogen-bond acceptors (Lipinski definition) is 7. The third-order valence-electron chi connectivity index (χ3n) is 7.13. The zero-order valence-corrected chi connectivity index (χ0v) is 27.2. The Kier molecular flexibility index (Phi) is 11.6. The predicted molar refractivity (Wildman–Crippen MR) is 170 cm³/mol. The van der Waals surface area contributed by atoms with Crippen LogP contribution in [0.25, 0.3) is 0 Å². The maximum atomic E-state index is 14.1. The van der Waals surface area contributed by atoms with E-state index in [1.165, 1.54) is 68.3 Å². The van der Waals surface area contributed by atoms with Crippen LogP contribution in [0.3, 0.4) is 0 Å². The van der Waals surface area contributed by atoms with Gasteiger partial charge in [0, 0.05) is 34.3 Å². The number of nitro benzene ring substituents is 1. The molecular formula is C30H34Cl2N4O7S. The summed E-state index contributed by atoms with van der Waals surface area (Å²) in [4.78, 5) is 39.1. The number of carbonyl (C=O) groups excluding carboxylic acids is 2. The highest BCUT2D eigenvalue weighted by Gasteiger charge is 2.34. The van der Waals surface area contributed by atoms with Crippen LogP contribution in [0, 0.1) is 17.0 Å². The largest absolute Gasteiger partial charge is 0.497 e. The average molecular weight is 666 g/mol. The highest BCUT2D eigenvalue weighted by molar-refractivity contribution is 7.92. The van der Waals surface area contributed by atoms with Gasteiger partial charge in [0.15, 0.2) is 0 Å². The Morgan fingerprint density at radius 3 is 2.27 bits per heavy atom. The molecule has 0 radical (unpaired) electrons. The summed E-state index contributed by atoms with van der Waals surface area (Å²) in [5.74, 6) is -0.715. The Balaban J connectivity index is 2.11. The summed E-state index contributed by atoms with van der Waals surface area (Å²) in [7, 11) is -3.09. The van der Waals surface area contributed by atoms with E-state index in [-0.39, 0.29) is 39.4 Å². The number of sulfonamides is 1. The molecule has 236 valence electrons. The number of carbonyl (C=O) groups is 2. The van der Waals surface area contributed by atoms with E-state index in [1.807, 2.05) is 13.8 Å². The maximum absolute atomic E-state index is 14.1. The monoisotopic (exact) mass is 664 g/mol. The molecule has 11 nitrogen and oxygen atoms in total. The van der Waals surface area contributed by atoms with Crippen LogP contribution in [-0.4, -0.2) is 55.8 Å². The van der Waals surface area contributed by atoms with Crippen LogP contribution in [0.15, 0.2) is 65.6 Å². The molecule has 0 bridgehead atoms. The van der Waals surface area contributed by atoms with Crippen molar-refractivity contribution in [2.24, 2.45) is 0 Å². The van der Waals surface area contributed by atoms with Crippen molar-refractivity contribution >= 4 is 56.4 Å². The van der Waals surface area contributed by atoms with E-state index < -0.39 is 39.3 Å². The zero-order chi connectivity index (χ0) is 32.8. The van der Waals surface area contributed by atoms with Gasteiger partial charge in [-0.1, -0.05) is 42.3 Å². The number of rotatable bonds is 13. The van der Waals surface area contributed by atoms with E-state index in [2.05, 4.69) is 5.32 Å². The standard InChI is InChI=1S/C30H34Cl2N4O7S/c1-6-20(3)33-30(38)21(4)34(17-22-8-9-23(31)15-27(22)32)29(37)18-35(24-10-12-25(43-5)13-11-24)44(41,42)26-14-7-19(2)28(16-26)36(39)40/h7-16,20-21H,6,17-18H2,1-5H3,(H,33,38). The van der Waals surface area contributed by atoms with E-state index in [0.717, 1.165) is 10.4 Å². The Hall–Kier alpha value is -3.87. The molecule has 0 heterocycles. The van der Waals surface area contributed by atoms with Crippen molar-refractivity contribution in [1.82, 2.24) is 10.2 Å². The molecule has 1 N–H and O–H groups in total. The first-order valence-electron chi connectivity index (χ1n) is 13.6. The van der Waals surface area contributed by atoms with Gasteiger partial charge in [-0.3, -0.25) is 24.0 Å². The molecule has 0 aliphatic rings. The summed E-state index contributed by atoms with van der Waals surface area (Å²) < 4.78 is 34.2. The number of halogens is 2. The van der Waals surface area contributed by atoms with Gasteiger partial charge in [0.05, 0.1) is 22.6 Å². The SMILES string of the molecule is CCC(C)NC(=O)C(C)N(Cc1ccc(Cl)cc1Cl)C(=O)CN(c1ccc(OC)cc1)S(=O)(=O)c1ccc(C)c([N+](=O)[O-])c1.